The molecule has 0 atom stereocenters. The van der Waals surface area contributed by atoms with Gasteiger partial charge in [-0.25, -0.2) is 0 Å². The van der Waals surface area contributed by atoms with Gasteiger partial charge in [-0.05, 0) is 30.7 Å². The summed E-state index contributed by atoms with van der Waals surface area (Å²) in [4.78, 5) is 12.9. The second kappa shape index (κ2) is 6.12. The lowest BCUT2D eigenvalue weighted by molar-refractivity contribution is -0.119. The van der Waals surface area contributed by atoms with Crippen molar-refractivity contribution >= 4 is 11.6 Å². The molecule has 0 spiro atoms. The fourth-order valence-electron chi connectivity index (χ4n) is 1.70. The zero-order valence-electron chi connectivity index (χ0n) is 9.65. The first-order valence-electron chi connectivity index (χ1n) is 5.47. The number of primary amides is 1. The molecule has 0 saturated carbocycles. The van der Waals surface area contributed by atoms with Crippen molar-refractivity contribution in [3.8, 4) is 0 Å². The van der Waals surface area contributed by atoms with Crippen molar-refractivity contribution in [2.45, 2.75) is 19.9 Å². The standard InChI is InChI=1S/C12H19N3O/c1-2-6-15(9-12(14)16)8-10-4-3-5-11(13)7-10/h3-5,7H,2,6,8-9,13H2,1H3,(H2,14,16). The van der Waals surface area contributed by atoms with E-state index in [1.807, 2.05) is 29.2 Å². The number of hydrogen-bond donors (Lipinski definition) is 2. The van der Waals surface area contributed by atoms with Crippen LogP contribution in [0, 0.1) is 0 Å². The van der Waals surface area contributed by atoms with Crippen LogP contribution in [0.3, 0.4) is 0 Å². The molecule has 1 amide bonds. The lowest BCUT2D eigenvalue weighted by atomic mass is 10.2. The third-order valence-corrected chi connectivity index (χ3v) is 2.28. The molecule has 0 aromatic heterocycles. The van der Waals surface area contributed by atoms with Gasteiger partial charge in [0.15, 0.2) is 0 Å². The Kier molecular flexibility index (Phi) is 4.79. The van der Waals surface area contributed by atoms with Crippen LogP contribution in [0.1, 0.15) is 18.9 Å². The number of nitrogen functional groups attached to an aromatic ring is 1. The molecule has 16 heavy (non-hydrogen) atoms. The summed E-state index contributed by atoms with van der Waals surface area (Å²) >= 11 is 0. The topological polar surface area (TPSA) is 72.3 Å². The lowest BCUT2D eigenvalue weighted by Gasteiger charge is -2.20. The maximum absolute atomic E-state index is 10.9. The van der Waals surface area contributed by atoms with E-state index in [1.165, 1.54) is 0 Å². The Morgan fingerprint density at radius 1 is 1.44 bits per heavy atom. The maximum Gasteiger partial charge on any atom is 0.231 e. The Balaban J connectivity index is 2.63. The summed E-state index contributed by atoms with van der Waals surface area (Å²) in [7, 11) is 0. The molecular weight excluding hydrogens is 202 g/mol. The van der Waals surface area contributed by atoms with Crippen molar-refractivity contribution in [1.82, 2.24) is 4.90 Å². The second-order valence-corrected chi connectivity index (χ2v) is 3.92. The number of anilines is 1. The van der Waals surface area contributed by atoms with E-state index in [0.29, 0.717) is 13.1 Å². The van der Waals surface area contributed by atoms with Crippen LogP contribution in [0.15, 0.2) is 24.3 Å². The van der Waals surface area contributed by atoms with Crippen LogP contribution in [-0.2, 0) is 11.3 Å². The average molecular weight is 221 g/mol. The Bertz CT molecular complexity index is 352. The van der Waals surface area contributed by atoms with Crippen molar-refractivity contribution in [2.75, 3.05) is 18.8 Å². The first kappa shape index (κ1) is 12.5. The van der Waals surface area contributed by atoms with Crippen molar-refractivity contribution in [3.05, 3.63) is 29.8 Å². The van der Waals surface area contributed by atoms with Crippen molar-refractivity contribution in [1.29, 1.82) is 0 Å². The van der Waals surface area contributed by atoms with E-state index in [1.54, 1.807) is 0 Å². The summed E-state index contributed by atoms with van der Waals surface area (Å²) < 4.78 is 0. The lowest BCUT2D eigenvalue weighted by Crippen LogP contribution is -2.33. The fraction of sp³-hybridized carbons (Fsp3) is 0.417. The minimum absolute atomic E-state index is 0.294. The number of nitrogens with two attached hydrogens (primary N) is 2. The summed E-state index contributed by atoms with van der Waals surface area (Å²) in [6, 6.07) is 7.68. The highest BCUT2D eigenvalue weighted by molar-refractivity contribution is 5.75. The Morgan fingerprint density at radius 2 is 2.19 bits per heavy atom. The molecule has 0 radical (unpaired) electrons. The van der Waals surface area contributed by atoms with Gasteiger partial charge in [-0.2, -0.15) is 0 Å². The molecule has 88 valence electrons. The summed E-state index contributed by atoms with van der Waals surface area (Å²) in [5, 5.41) is 0. The van der Waals surface area contributed by atoms with Gasteiger partial charge < -0.3 is 11.5 Å². The number of carbonyl (C=O) groups is 1. The van der Waals surface area contributed by atoms with E-state index in [4.69, 9.17) is 11.5 Å². The minimum atomic E-state index is -0.294. The van der Waals surface area contributed by atoms with Crippen LogP contribution in [0.25, 0.3) is 0 Å². The van der Waals surface area contributed by atoms with Gasteiger partial charge in [-0.15, -0.1) is 0 Å². The van der Waals surface area contributed by atoms with Gasteiger partial charge in [0.25, 0.3) is 0 Å². The zero-order valence-corrected chi connectivity index (χ0v) is 9.65. The first-order chi connectivity index (χ1) is 7.61. The molecule has 0 unspecified atom stereocenters. The maximum atomic E-state index is 10.9. The normalized spacial score (nSPS) is 10.6. The summed E-state index contributed by atoms with van der Waals surface area (Å²) in [5.41, 5.74) is 12.8. The molecule has 1 aromatic carbocycles. The molecule has 4 N–H and O–H groups in total. The van der Waals surface area contributed by atoms with Gasteiger partial charge >= 0.3 is 0 Å². The SMILES string of the molecule is CCCN(CC(N)=O)Cc1cccc(N)c1. The van der Waals surface area contributed by atoms with Crippen molar-refractivity contribution < 1.29 is 4.79 Å². The van der Waals surface area contributed by atoms with Crippen molar-refractivity contribution in [3.63, 3.8) is 0 Å². The number of carbonyl (C=O) groups excluding carboxylic acids is 1. The molecule has 0 aliphatic heterocycles. The van der Waals surface area contributed by atoms with E-state index in [0.717, 1.165) is 24.2 Å². The first-order valence-corrected chi connectivity index (χ1v) is 5.47. The van der Waals surface area contributed by atoms with Crippen LogP contribution in [-0.4, -0.2) is 23.9 Å². The Hall–Kier alpha value is -1.55. The van der Waals surface area contributed by atoms with Gasteiger partial charge in [0, 0.05) is 12.2 Å². The van der Waals surface area contributed by atoms with E-state index in [-0.39, 0.29) is 5.91 Å². The molecule has 0 aliphatic rings. The molecule has 0 bridgehead atoms. The monoisotopic (exact) mass is 221 g/mol. The summed E-state index contributed by atoms with van der Waals surface area (Å²) in [5.74, 6) is -0.294. The number of nitrogens with zero attached hydrogens (tertiary/aromatic N) is 1. The molecule has 4 heteroatoms. The zero-order chi connectivity index (χ0) is 12.0. The highest BCUT2D eigenvalue weighted by Crippen LogP contribution is 2.09. The third-order valence-electron chi connectivity index (χ3n) is 2.28. The molecule has 0 aliphatic carbocycles. The summed E-state index contributed by atoms with van der Waals surface area (Å²) in [6.45, 7) is 3.94. The van der Waals surface area contributed by atoms with E-state index in [9.17, 15) is 4.79 Å². The van der Waals surface area contributed by atoms with Crippen LogP contribution >= 0.6 is 0 Å². The smallest absolute Gasteiger partial charge is 0.231 e. The molecular formula is C12H19N3O. The molecule has 0 saturated heterocycles. The quantitative estimate of drug-likeness (QED) is 0.703. The molecule has 4 nitrogen and oxygen atoms in total. The predicted octanol–water partition coefficient (Wildman–Crippen LogP) is 0.966. The highest BCUT2D eigenvalue weighted by atomic mass is 16.1. The van der Waals surface area contributed by atoms with Gasteiger partial charge in [-0.3, -0.25) is 9.69 Å². The van der Waals surface area contributed by atoms with Gasteiger partial charge in [0.05, 0.1) is 6.54 Å². The van der Waals surface area contributed by atoms with Gasteiger partial charge in [-0.1, -0.05) is 19.1 Å². The van der Waals surface area contributed by atoms with E-state index in [2.05, 4.69) is 6.92 Å². The second-order valence-electron chi connectivity index (χ2n) is 3.92. The van der Waals surface area contributed by atoms with Gasteiger partial charge in [0.2, 0.25) is 5.91 Å². The van der Waals surface area contributed by atoms with Crippen molar-refractivity contribution in [2.24, 2.45) is 5.73 Å². The third kappa shape index (κ3) is 4.31. The van der Waals surface area contributed by atoms with Crippen LogP contribution in [0.4, 0.5) is 5.69 Å². The Labute approximate surface area is 96.2 Å². The average Bonchev–Trinajstić information content (AvgIpc) is 2.16. The predicted molar refractivity (Wildman–Crippen MR) is 65.6 cm³/mol. The number of amides is 1. The van der Waals surface area contributed by atoms with Crippen LogP contribution < -0.4 is 11.5 Å². The number of benzene rings is 1. The Morgan fingerprint density at radius 3 is 2.75 bits per heavy atom. The highest BCUT2D eigenvalue weighted by Gasteiger charge is 2.07. The molecule has 0 heterocycles. The molecule has 0 fully saturated rings. The van der Waals surface area contributed by atoms with Gasteiger partial charge in [0.1, 0.15) is 0 Å². The number of rotatable bonds is 6. The van der Waals surface area contributed by atoms with Crippen LogP contribution in [0.2, 0.25) is 0 Å². The van der Waals surface area contributed by atoms with E-state index >= 15 is 0 Å². The fourth-order valence-corrected chi connectivity index (χ4v) is 1.70. The minimum Gasteiger partial charge on any atom is -0.399 e. The molecule has 1 aromatic rings. The van der Waals surface area contributed by atoms with E-state index < -0.39 is 0 Å². The number of hydrogen-bond acceptors (Lipinski definition) is 3. The summed E-state index contributed by atoms with van der Waals surface area (Å²) in [6.07, 6.45) is 0.996. The van der Waals surface area contributed by atoms with Crippen LogP contribution in [0.5, 0.6) is 0 Å². The molecule has 1 rings (SSSR count). The largest absolute Gasteiger partial charge is 0.399 e.